The highest BCUT2D eigenvalue weighted by atomic mass is 16.5. The molecule has 1 saturated heterocycles. The van der Waals surface area contributed by atoms with Gasteiger partial charge in [-0.1, -0.05) is 36.4 Å². The monoisotopic (exact) mass is 381 g/mol. The Morgan fingerprint density at radius 2 is 1.89 bits per heavy atom. The molecule has 1 fully saturated rings. The summed E-state index contributed by atoms with van der Waals surface area (Å²) < 4.78 is 11.8. The molecule has 2 aromatic rings. The van der Waals surface area contributed by atoms with E-state index in [4.69, 9.17) is 9.47 Å². The second-order valence-corrected chi connectivity index (χ2v) is 7.26. The van der Waals surface area contributed by atoms with E-state index in [-0.39, 0.29) is 6.10 Å². The maximum atomic E-state index is 6.09. The van der Waals surface area contributed by atoms with Crippen LogP contribution in [0.15, 0.2) is 47.5 Å². The molecule has 0 radical (unpaired) electrons. The summed E-state index contributed by atoms with van der Waals surface area (Å²) >= 11 is 0. The Morgan fingerprint density at radius 3 is 2.61 bits per heavy atom. The summed E-state index contributed by atoms with van der Waals surface area (Å²) in [6.45, 7) is 7.04. The number of nitrogens with zero attached hydrogens (tertiary/aromatic N) is 1. The smallest absolute Gasteiger partial charge is 0.191 e. The lowest BCUT2D eigenvalue weighted by Gasteiger charge is -2.17. The number of hydrogen-bond donors (Lipinski definition) is 2. The third kappa shape index (κ3) is 5.73. The SMILES string of the molecule is CN=C(NCc1ccccc1C)NCc1ccc(C)cc1OCC1CCCO1. The molecule has 0 aromatic heterocycles. The van der Waals surface area contributed by atoms with Gasteiger partial charge >= 0.3 is 0 Å². The highest BCUT2D eigenvalue weighted by Crippen LogP contribution is 2.22. The van der Waals surface area contributed by atoms with Crippen LogP contribution in [0, 0.1) is 13.8 Å². The molecule has 5 heteroatoms. The Balaban J connectivity index is 1.56. The third-order valence-electron chi connectivity index (χ3n) is 5.05. The first-order chi connectivity index (χ1) is 13.7. The zero-order valence-corrected chi connectivity index (χ0v) is 17.1. The Hall–Kier alpha value is -2.53. The summed E-state index contributed by atoms with van der Waals surface area (Å²) in [5.74, 6) is 1.69. The lowest BCUT2D eigenvalue weighted by molar-refractivity contribution is 0.0676. The maximum Gasteiger partial charge on any atom is 0.191 e. The highest BCUT2D eigenvalue weighted by Gasteiger charge is 2.17. The molecule has 5 nitrogen and oxygen atoms in total. The van der Waals surface area contributed by atoms with Gasteiger partial charge in [0, 0.05) is 32.3 Å². The van der Waals surface area contributed by atoms with E-state index < -0.39 is 0 Å². The molecule has 2 N–H and O–H groups in total. The zero-order chi connectivity index (χ0) is 19.8. The predicted octanol–water partition coefficient (Wildman–Crippen LogP) is 3.73. The van der Waals surface area contributed by atoms with Crippen LogP contribution in [0.5, 0.6) is 5.75 Å². The van der Waals surface area contributed by atoms with Crippen molar-refractivity contribution in [1.82, 2.24) is 10.6 Å². The molecule has 0 bridgehead atoms. The van der Waals surface area contributed by atoms with Crippen molar-refractivity contribution >= 4 is 5.96 Å². The van der Waals surface area contributed by atoms with Crippen LogP contribution in [0.3, 0.4) is 0 Å². The average molecular weight is 382 g/mol. The second-order valence-electron chi connectivity index (χ2n) is 7.26. The number of benzene rings is 2. The van der Waals surface area contributed by atoms with Gasteiger partial charge in [0.05, 0.1) is 6.10 Å². The van der Waals surface area contributed by atoms with Crippen LogP contribution >= 0.6 is 0 Å². The van der Waals surface area contributed by atoms with Gasteiger partial charge in [-0.05, 0) is 49.4 Å². The highest BCUT2D eigenvalue weighted by molar-refractivity contribution is 5.79. The lowest BCUT2D eigenvalue weighted by atomic mass is 10.1. The minimum atomic E-state index is 0.213. The molecule has 1 unspecified atom stereocenters. The van der Waals surface area contributed by atoms with Crippen molar-refractivity contribution in [2.45, 2.75) is 45.9 Å². The van der Waals surface area contributed by atoms with E-state index in [1.54, 1.807) is 7.05 Å². The van der Waals surface area contributed by atoms with Gasteiger partial charge in [-0.3, -0.25) is 4.99 Å². The van der Waals surface area contributed by atoms with Gasteiger partial charge in [0.15, 0.2) is 5.96 Å². The fraction of sp³-hybridized carbons (Fsp3) is 0.435. The fourth-order valence-electron chi connectivity index (χ4n) is 3.29. The Bertz CT molecular complexity index is 798. The number of nitrogens with one attached hydrogen (secondary N) is 2. The first-order valence-electron chi connectivity index (χ1n) is 9.98. The van der Waals surface area contributed by atoms with Gasteiger partial charge in [-0.25, -0.2) is 0 Å². The molecular weight excluding hydrogens is 350 g/mol. The Kier molecular flexibility index (Phi) is 7.31. The standard InChI is InChI=1S/C23H31N3O2/c1-17-10-11-20(22(13-17)28-16-21-9-6-12-27-21)15-26-23(24-3)25-14-19-8-5-4-7-18(19)2/h4-5,7-8,10-11,13,21H,6,9,12,14-16H2,1-3H3,(H2,24,25,26). The number of aliphatic imine (C=N–C) groups is 1. The summed E-state index contributed by atoms with van der Waals surface area (Å²) in [4.78, 5) is 4.34. The van der Waals surface area contributed by atoms with Crippen LogP contribution in [0.25, 0.3) is 0 Å². The topological polar surface area (TPSA) is 54.9 Å². The van der Waals surface area contributed by atoms with Crippen molar-refractivity contribution in [3.05, 3.63) is 64.7 Å². The summed E-state index contributed by atoms with van der Waals surface area (Å²) in [6, 6.07) is 14.7. The number of ether oxygens (including phenoxy) is 2. The second kappa shape index (κ2) is 10.1. The van der Waals surface area contributed by atoms with Crippen molar-refractivity contribution in [2.24, 2.45) is 4.99 Å². The summed E-state index contributed by atoms with van der Waals surface area (Å²) in [5.41, 5.74) is 4.84. The molecule has 0 amide bonds. The molecule has 0 aliphatic carbocycles. The normalized spacial score (nSPS) is 16.8. The van der Waals surface area contributed by atoms with Crippen molar-refractivity contribution in [1.29, 1.82) is 0 Å². The van der Waals surface area contributed by atoms with Crippen LogP contribution < -0.4 is 15.4 Å². The van der Waals surface area contributed by atoms with Crippen LogP contribution in [0.1, 0.15) is 35.1 Å². The molecule has 0 saturated carbocycles. The van der Waals surface area contributed by atoms with E-state index in [0.717, 1.165) is 43.3 Å². The maximum absolute atomic E-state index is 6.09. The number of hydrogen-bond acceptors (Lipinski definition) is 3. The van der Waals surface area contributed by atoms with E-state index >= 15 is 0 Å². The summed E-state index contributed by atoms with van der Waals surface area (Å²) in [6.07, 6.45) is 2.42. The largest absolute Gasteiger partial charge is 0.491 e. The van der Waals surface area contributed by atoms with Crippen molar-refractivity contribution < 1.29 is 9.47 Å². The number of aryl methyl sites for hydroxylation is 2. The van der Waals surface area contributed by atoms with E-state index in [1.807, 2.05) is 0 Å². The first-order valence-corrected chi connectivity index (χ1v) is 9.98. The molecule has 1 aliphatic heterocycles. The fourth-order valence-corrected chi connectivity index (χ4v) is 3.29. The Labute approximate surface area is 168 Å². The van der Waals surface area contributed by atoms with Crippen LogP contribution in [-0.2, 0) is 17.8 Å². The molecule has 0 spiro atoms. The van der Waals surface area contributed by atoms with Crippen LogP contribution in [-0.4, -0.2) is 32.3 Å². The minimum Gasteiger partial charge on any atom is -0.491 e. The van der Waals surface area contributed by atoms with Gasteiger partial charge in [-0.2, -0.15) is 0 Å². The Morgan fingerprint density at radius 1 is 1.11 bits per heavy atom. The summed E-state index contributed by atoms with van der Waals surface area (Å²) in [7, 11) is 1.79. The molecule has 150 valence electrons. The molecule has 3 rings (SSSR count). The van der Waals surface area contributed by atoms with Crippen molar-refractivity contribution in [2.75, 3.05) is 20.3 Å². The first kappa shape index (κ1) is 20.2. The lowest BCUT2D eigenvalue weighted by Crippen LogP contribution is -2.36. The predicted molar refractivity (Wildman–Crippen MR) is 114 cm³/mol. The average Bonchev–Trinajstić information content (AvgIpc) is 3.22. The quantitative estimate of drug-likeness (QED) is 0.567. The molecule has 2 aromatic carbocycles. The van der Waals surface area contributed by atoms with Crippen molar-refractivity contribution in [3.63, 3.8) is 0 Å². The van der Waals surface area contributed by atoms with E-state index in [0.29, 0.717) is 13.2 Å². The molecule has 1 aliphatic rings. The van der Waals surface area contributed by atoms with Crippen molar-refractivity contribution in [3.8, 4) is 5.75 Å². The molecule has 28 heavy (non-hydrogen) atoms. The zero-order valence-electron chi connectivity index (χ0n) is 17.1. The van der Waals surface area contributed by atoms with E-state index in [9.17, 15) is 0 Å². The van der Waals surface area contributed by atoms with Gasteiger partial charge in [0.25, 0.3) is 0 Å². The van der Waals surface area contributed by atoms with Crippen LogP contribution in [0.4, 0.5) is 0 Å². The van der Waals surface area contributed by atoms with Gasteiger partial charge in [0.1, 0.15) is 12.4 Å². The third-order valence-corrected chi connectivity index (χ3v) is 5.05. The van der Waals surface area contributed by atoms with Gasteiger partial charge in [-0.15, -0.1) is 0 Å². The van der Waals surface area contributed by atoms with Gasteiger partial charge in [0.2, 0.25) is 0 Å². The van der Waals surface area contributed by atoms with E-state index in [2.05, 4.69) is 71.9 Å². The number of rotatable bonds is 7. The molecular formula is C23H31N3O2. The van der Waals surface area contributed by atoms with Crippen LogP contribution in [0.2, 0.25) is 0 Å². The van der Waals surface area contributed by atoms with Gasteiger partial charge < -0.3 is 20.1 Å². The molecule has 1 atom stereocenters. The summed E-state index contributed by atoms with van der Waals surface area (Å²) in [5, 5.41) is 6.77. The van der Waals surface area contributed by atoms with E-state index in [1.165, 1.54) is 16.7 Å². The molecule has 1 heterocycles. The minimum absolute atomic E-state index is 0.213. The number of guanidine groups is 1.